The van der Waals surface area contributed by atoms with Gasteiger partial charge >= 0.3 is 35.2 Å². The number of hydrogen-bond acceptors (Lipinski definition) is 6. The van der Waals surface area contributed by atoms with Crippen LogP contribution in [0, 0.1) is 10.1 Å². The Kier molecular flexibility index (Phi) is 5.36. The van der Waals surface area contributed by atoms with Crippen molar-refractivity contribution in [2.45, 2.75) is 4.90 Å². The first-order valence-electron chi connectivity index (χ1n) is 3.64. The van der Waals surface area contributed by atoms with Crippen molar-refractivity contribution in [1.82, 2.24) is 0 Å². The molecule has 1 aromatic carbocycles. The third-order valence-electron chi connectivity index (χ3n) is 1.64. The number of ether oxygens (including phenoxy) is 1. The maximum absolute atomic E-state index is 10.6. The van der Waals surface area contributed by atoms with Crippen molar-refractivity contribution in [2.24, 2.45) is 0 Å². The van der Waals surface area contributed by atoms with E-state index in [4.69, 9.17) is 0 Å². The molecule has 82 valence electrons. The van der Waals surface area contributed by atoms with Crippen LogP contribution in [0.3, 0.4) is 0 Å². The summed E-state index contributed by atoms with van der Waals surface area (Å²) in [5, 5.41) is 10.5. The van der Waals surface area contributed by atoms with Crippen LogP contribution in [0.1, 0.15) is 0 Å². The molecule has 0 aromatic heterocycles. The summed E-state index contributed by atoms with van der Waals surface area (Å²) in [6, 6.07) is 2.68. The second-order valence-electron chi connectivity index (χ2n) is 2.54. The molecule has 0 aliphatic rings. The zero-order valence-corrected chi connectivity index (χ0v) is 11.4. The monoisotopic (exact) mass is 255 g/mol. The van der Waals surface area contributed by atoms with Crippen LogP contribution in [0.15, 0.2) is 23.1 Å². The number of hydrogen-bond donors (Lipinski definition) is 0. The number of nitro benzene ring substituents is 1. The standard InChI is InChI=1S/C7H7NO6S.Na/c1-14-7-3-2-5(15(11,12)13)4-6(7)8(9)10;/h2-4H,1H3,(H,11,12,13);/q;+1/p-1. The Morgan fingerprint density at radius 2 is 1.94 bits per heavy atom. The Labute approximate surface area is 114 Å². The molecule has 1 aromatic rings. The van der Waals surface area contributed by atoms with Gasteiger partial charge in [-0.1, -0.05) is 0 Å². The molecular formula is C7H6NNaO6S. The second kappa shape index (κ2) is 5.60. The molecule has 0 fully saturated rings. The number of rotatable bonds is 3. The molecule has 0 radical (unpaired) electrons. The van der Waals surface area contributed by atoms with Gasteiger partial charge in [-0.15, -0.1) is 0 Å². The molecule has 0 heterocycles. The van der Waals surface area contributed by atoms with Gasteiger partial charge in [-0.2, -0.15) is 0 Å². The third-order valence-corrected chi connectivity index (χ3v) is 2.47. The molecule has 1 rings (SSSR count). The minimum Gasteiger partial charge on any atom is -0.744 e. The summed E-state index contributed by atoms with van der Waals surface area (Å²) >= 11 is 0. The van der Waals surface area contributed by atoms with E-state index in [9.17, 15) is 23.1 Å². The van der Waals surface area contributed by atoms with Crippen molar-refractivity contribution in [3.05, 3.63) is 28.3 Å². The molecule has 0 bridgehead atoms. The van der Waals surface area contributed by atoms with Gasteiger partial charge in [-0.25, -0.2) is 8.42 Å². The topological polar surface area (TPSA) is 110 Å². The van der Waals surface area contributed by atoms with Crippen LogP contribution in [-0.4, -0.2) is 25.0 Å². The molecule has 0 spiro atoms. The molecule has 0 atom stereocenters. The Bertz CT molecular complexity index is 500. The van der Waals surface area contributed by atoms with Gasteiger partial charge in [0.1, 0.15) is 10.1 Å². The SMILES string of the molecule is COc1ccc(S(=O)(=O)[O-])cc1[N+](=O)[O-].[Na+]. The van der Waals surface area contributed by atoms with E-state index in [1.165, 1.54) is 7.11 Å². The maximum Gasteiger partial charge on any atom is 1.00 e. The Hall–Kier alpha value is -0.670. The molecule has 16 heavy (non-hydrogen) atoms. The van der Waals surface area contributed by atoms with E-state index in [1.807, 2.05) is 0 Å². The predicted octanol–water partition coefficient (Wildman–Crippen LogP) is -2.49. The molecule has 0 aliphatic heterocycles. The Morgan fingerprint density at radius 1 is 1.38 bits per heavy atom. The van der Waals surface area contributed by atoms with E-state index in [-0.39, 0.29) is 35.3 Å². The van der Waals surface area contributed by atoms with Gasteiger partial charge in [0.15, 0.2) is 5.75 Å². The van der Waals surface area contributed by atoms with Gasteiger partial charge < -0.3 is 9.29 Å². The molecule has 0 N–H and O–H groups in total. The van der Waals surface area contributed by atoms with Gasteiger partial charge in [0.2, 0.25) is 0 Å². The molecule has 0 amide bonds. The average Bonchev–Trinajstić information content (AvgIpc) is 2.15. The van der Waals surface area contributed by atoms with Crippen molar-refractivity contribution in [1.29, 1.82) is 0 Å². The quantitative estimate of drug-likeness (QED) is 0.256. The van der Waals surface area contributed by atoms with Crippen LogP contribution >= 0.6 is 0 Å². The second-order valence-corrected chi connectivity index (χ2v) is 3.92. The van der Waals surface area contributed by atoms with Crippen LogP contribution in [0.25, 0.3) is 0 Å². The Morgan fingerprint density at radius 3 is 2.31 bits per heavy atom. The van der Waals surface area contributed by atoms with E-state index in [0.717, 1.165) is 12.1 Å². The molecule has 0 aliphatic carbocycles. The first kappa shape index (κ1) is 15.3. The van der Waals surface area contributed by atoms with E-state index >= 15 is 0 Å². The van der Waals surface area contributed by atoms with E-state index in [0.29, 0.717) is 6.07 Å². The predicted molar refractivity (Wildman–Crippen MR) is 47.6 cm³/mol. The number of methoxy groups -OCH3 is 1. The fourth-order valence-corrected chi connectivity index (χ4v) is 1.46. The van der Waals surface area contributed by atoms with Gasteiger partial charge in [-0.3, -0.25) is 10.1 Å². The van der Waals surface area contributed by atoms with Gasteiger partial charge in [-0.05, 0) is 12.1 Å². The fraction of sp³-hybridized carbons (Fsp3) is 0.143. The van der Waals surface area contributed by atoms with Crippen molar-refractivity contribution in [2.75, 3.05) is 7.11 Å². The third kappa shape index (κ3) is 3.42. The maximum atomic E-state index is 10.6. The van der Waals surface area contributed by atoms with Gasteiger partial charge in [0, 0.05) is 6.07 Å². The number of nitrogens with zero attached hydrogens (tertiary/aromatic N) is 1. The van der Waals surface area contributed by atoms with E-state index in [2.05, 4.69) is 4.74 Å². The largest absolute Gasteiger partial charge is 1.00 e. The molecule has 0 saturated heterocycles. The first-order chi connectivity index (χ1) is 6.86. The summed E-state index contributed by atoms with van der Waals surface area (Å²) in [7, 11) is -3.49. The minimum absolute atomic E-state index is 0. The van der Waals surface area contributed by atoms with Crippen LogP contribution in [0.4, 0.5) is 5.69 Å². The zero-order chi connectivity index (χ0) is 11.6. The summed E-state index contributed by atoms with van der Waals surface area (Å²) in [4.78, 5) is 9.01. The molecular weight excluding hydrogens is 249 g/mol. The first-order valence-corrected chi connectivity index (χ1v) is 5.05. The van der Waals surface area contributed by atoms with Crippen molar-refractivity contribution >= 4 is 15.8 Å². The van der Waals surface area contributed by atoms with Gasteiger partial charge in [0.05, 0.1) is 16.9 Å². The van der Waals surface area contributed by atoms with Crippen molar-refractivity contribution in [3.63, 3.8) is 0 Å². The fourth-order valence-electron chi connectivity index (χ4n) is 0.968. The zero-order valence-electron chi connectivity index (χ0n) is 8.54. The summed E-state index contributed by atoms with van der Waals surface area (Å²) in [5.74, 6) is -0.104. The van der Waals surface area contributed by atoms with Crippen molar-refractivity contribution < 1.29 is 52.2 Å². The summed E-state index contributed by atoms with van der Waals surface area (Å²) in [6.07, 6.45) is 0. The van der Waals surface area contributed by atoms with Crippen LogP contribution in [-0.2, 0) is 10.1 Å². The molecule has 0 unspecified atom stereocenters. The van der Waals surface area contributed by atoms with Crippen LogP contribution in [0.5, 0.6) is 5.75 Å². The van der Waals surface area contributed by atoms with Gasteiger partial charge in [0.25, 0.3) is 0 Å². The summed E-state index contributed by atoms with van der Waals surface area (Å²) in [5.41, 5.74) is -0.561. The molecule has 9 heteroatoms. The Balaban J connectivity index is 0.00000225. The molecule has 7 nitrogen and oxygen atoms in total. The van der Waals surface area contributed by atoms with Crippen LogP contribution in [0.2, 0.25) is 0 Å². The summed E-state index contributed by atoms with van der Waals surface area (Å²) < 4.78 is 36.4. The van der Waals surface area contributed by atoms with Crippen LogP contribution < -0.4 is 34.3 Å². The van der Waals surface area contributed by atoms with E-state index < -0.39 is 25.6 Å². The minimum atomic E-state index is -4.69. The number of benzene rings is 1. The average molecular weight is 255 g/mol. The smallest absolute Gasteiger partial charge is 0.744 e. The molecule has 0 saturated carbocycles. The summed E-state index contributed by atoms with van der Waals surface area (Å²) in [6.45, 7) is 0. The number of nitro groups is 1. The van der Waals surface area contributed by atoms with Crippen molar-refractivity contribution in [3.8, 4) is 5.75 Å². The van der Waals surface area contributed by atoms with E-state index in [1.54, 1.807) is 0 Å². The normalized spacial score (nSPS) is 10.4.